The van der Waals surface area contributed by atoms with E-state index < -0.39 is 9.76 Å². The second kappa shape index (κ2) is 3.67. The molecule has 0 aliphatic heterocycles. The van der Waals surface area contributed by atoms with Gasteiger partial charge < -0.3 is 9.74 Å². The molecule has 0 fully saturated rings. The third-order valence-electron chi connectivity index (χ3n) is 0.480. The monoisotopic (exact) mass is 119 g/mol. The molecule has 0 aromatic heterocycles. The van der Waals surface area contributed by atoms with E-state index in [-0.39, 0.29) is 6.09 Å². The van der Waals surface area contributed by atoms with Crippen molar-refractivity contribution in [2.45, 2.75) is 6.55 Å². The fourth-order valence-corrected chi connectivity index (χ4v) is 0.610. The van der Waals surface area contributed by atoms with Gasteiger partial charge in [0.05, 0.1) is 0 Å². The lowest BCUT2D eigenvalue weighted by molar-refractivity contribution is 0.205. The van der Waals surface area contributed by atoms with E-state index in [0.717, 1.165) is 0 Å². The van der Waals surface area contributed by atoms with E-state index in [1.165, 1.54) is 0 Å². The summed E-state index contributed by atoms with van der Waals surface area (Å²) in [7, 11) is 0.992. The minimum Gasteiger partial charge on any atom is -0.510 e. The van der Waals surface area contributed by atoms with Crippen molar-refractivity contribution in [1.29, 1.82) is 0 Å². The van der Waals surface area contributed by atoms with Gasteiger partial charge in [0, 0.05) is 7.05 Å². The van der Waals surface area contributed by atoms with Crippen molar-refractivity contribution in [3.8, 4) is 0 Å². The molecule has 0 saturated heterocycles. The number of hydrogen-bond donors (Lipinski definition) is 1. The van der Waals surface area contributed by atoms with Gasteiger partial charge in [-0.05, 0) is 6.55 Å². The molecule has 4 heteroatoms. The summed E-state index contributed by atoms with van der Waals surface area (Å²) in [5.41, 5.74) is 0. The third kappa shape index (κ3) is 3.31. The zero-order valence-electron chi connectivity index (χ0n) is 4.52. The molecular weight excluding hydrogens is 110 g/mol. The van der Waals surface area contributed by atoms with Crippen molar-refractivity contribution >= 4 is 15.9 Å². The smallest absolute Gasteiger partial charge is 0.392 e. The highest BCUT2D eigenvalue weighted by Gasteiger charge is 1.89. The van der Waals surface area contributed by atoms with Gasteiger partial charge in [-0.2, -0.15) is 0 Å². The van der Waals surface area contributed by atoms with Crippen LogP contribution in [0.5, 0.6) is 0 Å². The number of amides is 1. The lowest BCUT2D eigenvalue weighted by atomic mass is 11.1. The molecule has 0 unspecified atom stereocenters. The van der Waals surface area contributed by atoms with Crippen LogP contribution < -0.4 is 5.32 Å². The van der Waals surface area contributed by atoms with Gasteiger partial charge in [0.1, 0.15) is 0 Å². The van der Waals surface area contributed by atoms with Crippen LogP contribution in [0.25, 0.3) is 0 Å². The second-order valence-electron chi connectivity index (χ2n) is 0.970. The molecule has 0 aromatic rings. The Kier molecular flexibility index (Phi) is 3.40. The number of hydrogen-bond acceptors (Lipinski definition) is 2. The first kappa shape index (κ1) is 6.49. The SMILES string of the molecule is CNC(=O)O[SiH2]C. The van der Waals surface area contributed by atoms with Gasteiger partial charge in [0.2, 0.25) is 9.76 Å². The summed E-state index contributed by atoms with van der Waals surface area (Å²) in [6.45, 7) is 1.90. The highest BCUT2D eigenvalue weighted by atomic mass is 28.2. The largest absolute Gasteiger partial charge is 0.510 e. The van der Waals surface area contributed by atoms with Gasteiger partial charge in [0.15, 0.2) is 0 Å². The van der Waals surface area contributed by atoms with Crippen molar-refractivity contribution in [2.24, 2.45) is 0 Å². The Bertz CT molecular complexity index is 66.0. The number of carbonyl (C=O) groups excluding carboxylic acids is 1. The molecular formula is C3H9NO2Si. The molecule has 0 aromatic carbocycles. The Morgan fingerprint density at radius 3 is 2.57 bits per heavy atom. The topological polar surface area (TPSA) is 38.3 Å². The van der Waals surface area contributed by atoms with Crippen molar-refractivity contribution < 1.29 is 9.22 Å². The first-order chi connectivity index (χ1) is 3.31. The molecule has 0 radical (unpaired) electrons. The second-order valence-corrected chi connectivity index (χ2v) is 1.84. The predicted molar refractivity (Wildman–Crippen MR) is 29.9 cm³/mol. The van der Waals surface area contributed by atoms with Crippen LogP contribution in [0.4, 0.5) is 4.79 Å². The van der Waals surface area contributed by atoms with Crippen molar-refractivity contribution in [2.75, 3.05) is 7.05 Å². The van der Waals surface area contributed by atoms with Gasteiger partial charge >= 0.3 is 6.09 Å². The van der Waals surface area contributed by atoms with E-state index >= 15 is 0 Å². The highest BCUT2D eigenvalue weighted by molar-refractivity contribution is 6.28. The Hall–Kier alpha value is -0.513. The zero-order chi connectivity index (χ0) is 5.70. The van der Waals surface area contributed by atoms with E-state index in [0.29, 0.717) is 0 Å². The average Bonchev–Trinajstić information content (AvgIpc) is 1.68. The normalized spacial score (nSPS) is 9.43. The summed E-state index contributed by atoms with van der Waals surface area (Å²) in [5, 5.41) is 2.34. The van der Waals surface area contributed by atoms with Crippen molar-refractivity contribution in [1.82, 2.24) is 5.32 Å². The van der Waals surface area contributed by atoms with E-state index in [1.807, 2.05) is 6.55 Å². The maximum Gasteiger partial charge on any atom is 0.392 e. The molecule has 0 aliphatic rings. The molecule has 1 N–H and O–H groups in total. The van der Waals surface area contributed by atoms with Gasteiger partial charge in [-0.3, -0.25) is 0 Å². The summed E-state index contributed by atoms with van der Waals surface area (Å²) in [6.07, 6.45) is -0.311. The minimum atomic E-state index is -0.556. The molecule has 0 bridgehead atoms. The zero-order valence-corrected chi connectivity index (χ0v) is 5.94. The summed E-state index contributed by atoms with van der Waals surface area (Å²) < 4.78 is 4.58. The number of rotatable bonds is 1. The van der Waals surface area contributed by atoms with E-state index in [1.54, 1.807) is 7.05 Å². The van der Waals surface area contributed by atoms with E-state index in [2.05, 4.69) is 9.74 Å². The van der Waals surface area contributed by atoms with Crippen LogP contribution in [-0.2, 0) is 4.43 Å². The van der Waals surface area contributed by atoms with Crippen LogP contribution in [0.2, 0.25) is 6.55 Å². The molecule has 1 amide bonds. The van der Waals surface area contributed by atoms with Gasteiger partial charge in [-0.25, -0.2) is 4.79 Å². The van der Waals surface area contributed by atoms with Crippen LogP contribution in [0, 0.1) is 0 Å². The Balaban J connectivity index is 3.00. The van der Waals surface area contributed by atoms with Crippen molar-refractivity contribution in [3.05, 3.63) is 0 Å². The number of carbonyl (C=O) groups is 1. The lowest BCUT2D eigenvalue weighted by Crippen LogP contribution is -2.19. The van der Waals surface area contributed by atoms with E-state index in [4.69, 9.17) is 0 Å². The standard InChI is InChI=1S/C3H9NO2Si/c1-4-3(5)6-7-2/h7H2,1-2H3,(H,4,5). The Morgan fingerprint density at radius 1 is 1.86 bits per heavy atom. The van der Waals surface area contributed by atoms with E-state index in [9.17, 15) is 4.79 Å². The molecule has 0 spiro atoms. The molecule has 0 atom stereocenters. The predicted octanol–water partition coefficient (Wildman–Crippen LogP) is -0.526. The molecule has 0 saturated carbocycles. The fraction of sp³-hybridized carbons (Fsp3) is 0.667. The summed E-state index contributed by atoms with van der Waals surface area (Å²) in [5.74, 6) is 0. The summed E-state index contributed by atoms with van der Waals surface area (Å²) in [4.78, 5) is 10.1. The van der Waals surface area contributed by atoms with Crippen LogP contribution in [0.15, 0.2) is 0 Å². The maximum atomic E-state index is 10.1. The van der Waals surface area contributed by atoms with Crippen LogP contribution in [0.1, 0.15) is 0 Å². The van der Waals surface area contributed by atoms with Gasteiger partial charge in [-0.1, -0.05) is 0 Å². The Labute approximate surface area is 45.0 Å². The molecule has 0 aliphatic carbocycles. The summed E-state index contributed by atoms with van der Waals surface area (Å²) in [6, 6.07) is 0. The average molecular weight is 119 g/mol. The minimum absolute atomic E-state index is 0.311. The third-order valence-corrected chi connectivity index (χ3v) is 1.03. The van der Waals surface area contributed by atoms with Gasteiger partial charge in [-0.15, -0.1) is 0 Å². The van der Waals surface area contributed by atoms with Crippen LogP contribution >= 0.6 is 0 Å². The van der Waals surface area contributed by atoms with Crippen LogP contribution in [0.3, 0.4) is 0 Å². The number of nitrogens with one attached hydrogen (secondary N) is 1. The molecule has 0 rings (SSSR count). The molecule has 42 valence electrons. The van der Waals surface area contributed by atoms with Crippen molar-refractivity contribution in [3.63, 3.8) is 0 Å². The van der Waals surface area contributed by atoms with Gasteiger partial charge in [0.25, 0.3) is 0 Å². The summed E-state index contributed by atoms with van der Waals surface area (Å²) >= 11 is 0. The molecule has 0 heterocycles. The molecule has 3 nitrogen and oxygen atoms in total. The lowest BCUT2D eigenvalue weighted by Gasteiger charge is -1.96. The first-order valence-electron chi connectivity index (χ1n) is 2.15. The quantitative estimate of drug-likeness (QED) is 0.471. The maximum absolute atomic E-state index is 10.1. The molecule has 7 heavy (non-hydrogen) atoms. The fourth-order valence-electron chi connectivity index (χ4n) is 0.203. The van der Waals surface area contributed by atoms with Crippen LogP contribution in [-0.4, -0.2) is 22.9 Å². The Morgan fingerprint density at radius 2 is 2.43 bits per heavy atom. The highest BCUT2D eigenvalue weighted by Crippen LogP contribution is 1.68. The first-order valence-corrected chi connectivity index (χ1v) is 4.15.